The molecule has 0 radical (unpaired) electrons. The average Bonchev–Trinajstić information content (AvgIpc) is 2.49. The fraction of sp³-hybridized carbons (Fsp3) is 0.429. The first kappa shape index (κ1) is 15.3. The van der Waals surface area contributed by atoms with Gasteiger partial charge in [-0.3, -0.25) is 4.79 Å². The van der Waals surface area contributed by atoms with E-state index < -0.39 is 0 Å². The molecule has 1 fully saturated rings. The Bertz CT molecular complexity index is 565. The van der Waals surface area contributed by atoms with Crippen LogP contribution in [0.1, 0.15) is 23.2 Å². The topological polar surface area (TPSA) is 44.1 Å². The molecule has 20 heavy (non-hydrogen) atoms. The van der Waals surface area contributed by atoms with E-state index in [4.69, 9.17) is 0 Å². The molecule has 1 aliphatic rings. The lowest BCUT2D eigenvalue weighted by Crippen LogP contribution is -2.44. The van der Waals surface area contributed by atoms with E-state index >= 15 is 0 Å². The first-order valence-electron chi connectivity index (χ1n) is 6.22. The Kier molecular flexibility index (Phi) is 4.71. The van der Waals surface area contributed by atoms with Crippen molar-refractivity contribution in [3.05, 3.63) is 34.1 Å². The summed E-state index contributed by atoms with van der Waals surface area (Å²) < 4.78 is 13.1. The van der Waals surface area contributed by atoms with Crippen LogP contribution in [0.4, 0.5) is 4.39 Å². The fourth-order valence-electron chi connectivity index (χ4n) is 2.24. The van der Waals surface area contributed by atoms with Gasteiger partial charge in [0, 0.05) is 18.7 Å². The zero-order valence-electron chi connectivity index (χ0n) is 11.0. The number of nitriles is 1. The number of likely N-dealkylation sites (tertiary alicyclic amines) is 1. The largest absolute Gasteiger partial charge is 0.338 e. The molecule has 1 heterocycles. The predicted octanol–water partition coefficient (Wildman–Crippen LogP) is 3.45. The van der Waals surface area contributed by atoms with Crippen molar-refractivity contribution in [1.29, 1.82) is 5.26 Å². The van der Waals surface area contributed by atoms with Gasteiger partial charge in [-0.1, -0.05) is 0 Å². The molecule has 1 aliphatic heterocycles. The zero-order valence-corrected chi connectivity index (χ0v) is 13.4. The van der Waals surface area contributed by atoms with E-state index in [-0.39, 0.29) is 20.9 Å². The van der Waals surface area contributed by atoms with E-state index in [1.54, 1.807) is 16.7 Å². The first-order valence-corrected chi connectivity index (χ1v) is 8.24. The number of carbonyl (C=O) groups excluding carboxylic acids is 1. The highest BCUT2D eigenvalue weighted by Crippen LogP contribution is 2.34. The molecule has 0 saturated carbocycles. The van der Waals surface area contributed by atoms with Crippen LogP contribution in [0.2, 0.25) is 0 Å². The van der Waals surface area contributed by atoms with Gasteiger partial charge in [-0.05, 0) is 53.2 Å². The molecule has 0 spiro atoms. The third-order valence-corrected chi connectivity index (χ3v) is 5.51. The number of piperidine rings is 1. The second-order valence-electron chi connectivity index (χ2n) is 4.73. The number of halogens is 2. The van der Waals surface area contributed by atoms with Gasteiger partial charge < -0.3 is 4.90 Å². The van der Waals surface area contributed by atoms with Crippen molar-refractivity contribution in [2.75, 3.05) is 19.3 Å². The number of rotatable bonds is 2. The minimum absolute atomic E-state index is 0.113. The summed E-state index contributed by atoms with van der Waals surface area (Å²) in [4.78, 5) is 14.1. The molecule has 1 aromatic rings. The third kappa shape index (κ3) is 2.99. The Labute approximate surface area is 130 Å². The van der Waals surface area contributed by atoms with Crippen LogP contribution in [0.25, 0.3) is 0 Å². The van der Waals surface area contributed by atoms with Gasteiger partial charge in [0.2, 0.25) is 0 Å². The second-order valence-corrected chi connectivity index (χ2v) is 6.78. The minimum atomic E-state index is -0.383. The molecule has 2 rings (SSSR count). The molecule has 0 N–H and O–H groups in total. The zero-order chi connectivity index (χ0) is 14.8. The number of thioether (sulfide) groups is 1. The lowest BCUT2D eigenvalue weighted by atomic mass is 9.96. The molecule has 0 bridgehead atoms. The van der Waals surface area contributed by atoms with E-state index in [0.29, 0.717) is 31.5 Å². The van der Waals surface area contributed by atoms with Crippen molar-refractivity contribution in [2.45, 2.75) is 17.6 Å². The van der Waals surface area contributed by atoms with Gasteiger partial charge in [-0.15, -0.1) is 11.8 Å². The lowest BCUT2D eigenvalue weighted by molar-refractivity contribution is 0.0716. The molecule has 6 heteroatoms. The molecule has 0 aliphatic carbocycles. The van der Waals surface area contributed by atoms with Gasteiger partial charge >= 0.3 is 0 Å². The highest BCUT2D eigenvalue weighted by molar-refractivity contribution is 9.10. The van der Waals surface area contributed by atoms with Crippen LogP contribution in [0, 0.1) is 17.1 Å². The van der Waals surface area contributed by atoms with E-state index in [0.717, 1.165) is 0 Å². The summed E-state index contributed by atoms with van der Waals surface area (Å²) in [6.07, 6.45) is 3.26. The van der Waals surface area contributed by atoms with Crippen LogP contribution >= 0.6 is 27.7 Å². The smallest absolute Gasteiger partial charge is 0.253 e. The number of nitrogens with zero attached hydrogens (tertiary/aromatic N) is 2. The van der Waals surface area contributed by atoms with Crippen molar-refractivity contribution in [2.24, 2.45) is 0 Å². The molecule has 1 amide bonds. The minimum Gasteiger partial charge on any atom is -0.338 e. The Morgan fingerprint density at radius 1 is 1.50 bits per heavy atom. The first-order chi connectivity index (χ1) is 9.51. The predicted molar refractivity (Wildman–Crippen MR) is 81.1 cm³/mol. The van der Waals surface area contributed by atoms with Gasteiger partial charge in [0.25, 0.3) is 5.91 Å². The van der Waals surface area contributed by atoms with E-state index in [9.17, 15) is 14.4 Å². The molecule has 1 aromatic carbocycles. The van der Waals surface area contributed by atoms with Crippen LogP contribution in [-0.4, -0.2) is 34.9 Å². The normalized spacial score (nSPS) is 17.6. The number of amides is 1. The summed E-state index contributed by atoms with van der Waals surface area (Å²) in [6.45, 7) is 1.12. The maximum absolute atomic E-state index is 13.2. The number of hydrogen-bond acceptors (Lipinski definition) is 3. The van der Waals surface area contributed by atoms with Crippen LogP contribution in [0.3, 0.4) is 0 Å². The molecule has 1 saturated heterocycles. The molecule has 0 unspecified atom stereocenters. The Hall–Kier alpha value is -1.06. The molecule has 0 aromatic heterocycles. The van der Waals surface area contributed by atoms with Gasteiger partial charge in [0.05, 0.1) is 10.5 Å². The van der Waals surface area contributed by atoms with Crippen molar-refractivity contribution in [3.8, 4) is 6.07 Å². The average molecular weight is 357 g/mol. The highest BCUT2D eigenvalue weighted by Gasteiger charge is 2.35. The van der Waals surface area contributed by atoms with Crippen molar-refractivity contribution >= 4 is 33.6 Å². The van der Waals surface area contributed by atoms with E-state index in [1.165, 1.54) is 18.2 Å². The molecule has 3 nitrogen and oxygen atoms in total. The molecule has 0 atom stereocenters. The highest BCUT2D eigenvalue weighted by atomic mass is 79.9. The van der Waals surface area contributed by atoms with Crippen molar-refractivity contribution in [3.63, 3.8) is 0 Å². The summed E-state index contributed by atoms with van der Waals surface area (Å²) >= 11 is 4.64. The Morgan fingerprint density at radius 3 is 2.65 bits per heavy atom. The van der Waals surface area contributed by atoms with E-state index in [1.807, 2.05) is 6.26 Å². The summed E-state index contributed by atoms with van der Waals surface area (Å²) in [5.74, 6) is -0.496. The standard InChI is InChI=1S/C14H14BrFN2OS/c1-20-14(9-17)4-6-18(7-5-14)13(19)10-2-3-12(16)11(15)8-10/h2-3,8H,4-7H2,1H3. The summed E-state index contributed by atoms with van der Waals surface area (Å²) in [5, 5.41) is 9.23. The van der Waals surface area contributed by atoms with Gasteiger partial charge in [-0.25, -0.2) is 4.39 Å². The van der Waals surface area contributed by atoms with Crippen LogP contribution in [-0.2, 0) is 0 Å². The summed E-state index contributed by atoms with van der Waals surface area (Å²) in [7, 11) is 0. The third-order valence-electron chi connectivity index (χ3n) is 3.62. The van der Waals surface area contributed by atoms with Gasteiger partial charge in [0.1, 0.15) is 10.6 Å². The second kappa shape index (κ2) is 6.15. The SMILES string of the molecule is CSC1(C#N)CCN(C(=O)c2ccc(F)c(Br)c2)CC1. The van der Waals surface area contributed by atoms with Gasteiger partial charge in [-0.2, -0.15) is 5.26 Å². The Balaban J connectivity index is 2.09. The number of carbonyl (C=O) groups is 1. The van der Waals surface area contributed by atoms with Crippen LogP contribution in [0.5, 0.6) is 0 Å². The summed E-state index contributed by atoms with van der Waals surface area (Å²) in [6, 6.07) is 6.62. The molecular weight excluding hydrogens is 343 g/mol. The summed E-state index contributed by atoms with van der Waals surface area (Å²) in [5.41, 5.74) is 0.465. The van der Waals surface area contributed by atoms with Gasteiger partial charge in [0.15, 0.2) is 0 Å². The van der Waals surface area contributed by atoms with Crippen LogP contribution < -0.4 is 0 Å². The Morgan fingerprint density at radius 2 is 2.15 bits per heavy atom. The maximum Gasteiger partial charge on any atom is 0.253 e. The number of hydrogen-bond donors (Lipinski definition) is 0. The maximum atomic E-state index is 13.2. The fourth-order valence-corrected chi connectivity index (χ4v) is 3.31. The van der Waals surface area contributed by atoms with Crippen LogP contribution in [0.15, 0.2) is 22.7 Å². The van der Waals surface area contributed by atoms with Crippen molar-refractivity contribution < 1.29 is 9.18 Å². The van der Waals surface area contributed by atoms with Crippen molar-refractivity contribution in [1.82, 2.24) is 4.90 Å². The molecule has 106 valence electrons. The molecular formula is C14H14BrFN2OS. The lowest BCUT2D eigenvalue weighted by Gasteiger charge is -2.36. The van der Waals surface area contributed by atoms with E-state index in [2.05, 4.69) is 22.0 Å². The number of benzene rings is 1. The monoisotopic (exact) mass is 356 g/mol. The quantitative estimate of drug-likeness (QED) is 0.814.